The summed E-state index contributed by atoms with van der Waals surface area (Å²) in [6.07, 6.45) is -0.879. The fourth-order valence-corrected chi connectivity index (χ4v) is 1.87. The van der Waals surface area contributed by atoms with Gasteiger partial charge in [-0.1, -0.05) is 11.6 Å². The highest BCUT2D eigenvalue weighted by Gasteiger charge is 2.25. The van der Waals surface area contributed by atoms with Crippen molar-refractivity contribution in [3.8, 4) is 6.07 Å². The summed E-state index contributed by atoms with van der Waals surface area (Å²) in [5, 5.41) is 20.7. The van der Waals surface area contributed by atoms with E-state index in [9.17, 15) is 14.7 Å². The second-order valence-electron chi connectivity index (χ2n) is 5.66. The summed E-state index contributed by atoms with van der Waals surface area (Å²) in [4.78, 5) is 23.0. The molecule has 0 bridgehead atoms. The van der Waals surface area contributed by atoms with E-state index in [4.69, 9.17) is 21.6 Å². The number of nitriles is 1. The van der Waals surface area contributed by atoms with Gasteiger partial charge in [0, 0.05) is 11.4 Å². The minimum Gasteiger partial charge on any atom is -0.480 e. The van der Waals surface area contributed by atoms with Gasteiger partial charge in [-0.15, -0.1) is 0 Å². The molecular weight excluding hydrogens is 308 g/mol. The van der Waals surface area contributed by atoms with Crippen molar-refractivity contribution in [1.29, 1.82) is 5.26 Å². The highest BCUT2D eigenvalue weighted by Crippen LogP contribution is 2.19. The van der Waals surface area contributed by atoms with Crippen LogP contribution >= 0.6 is 11.6 Å². The molecule has 0 aliphatic rings. The molecular formula is C15H17ClN2O4. The normalized spacial score (nSPS) is 12.1. The number of aliphatic carboxylic acids is 1. The number of amides is 1. The second kappa shape index (κ2) is 7.14. The fourth-order valence-electron chi connectivity index (χ4n) is 1.67. The predicted molar refractivity (Wildman–Crippen MR) is 80.7 cm³/mol. The number of hydrogen-bond donors (Lipinski definition) is 2. The Bertz CT molecular complexity index is 617. The van der Waals surface area contributed by atoms with Gasteiger partial charge in [-0.05, 0) is 44.5 Å². The van der Waals surface area contributed by atoms with Crippen LogP contribution in [0.25, 0.3) is 0 Å². The van der Waals surface area contributed by atoms with Crippen LogP contribution in [0, 0.1) is 11.3 Å². The standard InChI is InChI=1S/C15H17ClN2O4/c1-15(2,3)22-14(21)18-12(13(19)20)7-10-6-9(8-17)4-5-11(10)16/h4-6,12H,7H2,1-3H3,(H,18,21)(H,19,20). The lowest BCUT2D eigenvalue weighted by atomic mass is 10.0. The summed E-state index contributed by atoms with van der Waals surface area (Å²) in [7, 11) is 0. The number of benzene rings is 1. The Morgan fingerprint density at radius 3 is 2.59 bits per heavy atom. The lowest BCUT2D eigenvalue weighted by Gasteiger charge is -2.22. The molecule has 2 N–H and O–H groups in total. The zero-order chi connectivity index (χ0) is 16.9. The first kappa shape index (κ1) is 17.8. The van der Waals surface area contributed by atoms with E-state index in [1.54, 1.807) is 20.8 Å². The fraction of sp³-hybridized carbons (Fsp3) is 0.400. The number of carboxylic acid groups (broad SMARTS) is 1. The number of carbonyl (C=O) groups excluding carboxylic acids is 1. The van der Waals surface area contributed by atoms with Crippen LogP contribution in [0.5, 0.6) is 0 Å². The van der Waals surface area contributed by atoms with Crippen LogP contribution in [0.15, 0.2) is 18.2 Å². The number of hydrogen-bond acceptors (Lipinski definition) is 4. The van der Waals surface area contributed by atoms with Gasteiger partial charge in [0.05, 0.1) is 11.6 Å². The van der Waals surface area contributed by atoms with E-state index in [1.807, 2.05) is 6.07 Å². The van der Waals surface area contributed by atoms with Gasteiger partial charge in [-0.3, -0.25) is 0 Å². The summed E-state index contributed by atoms with van der Waals surface area (Å²) < 4.78 is 5.03. The first-order chi connectivity index (χ1) is 10.1. The largest absolute Gasteiger partial charge is 0.480 e. The summed E-state index contributed by atoms with van der Waals surface area (Å²) in [6.45, 7) is 5.03. The van der Waals surface area contributed by atoms with Crippen molar-refractivity contribution in [1.82, 2.24) is 5.32 Å². The zero-order valence-corrected chi connectivity index (χ0v) is 13.3. The first-order valence-corrected chi connectivity index (χ1v) is 6.91. The van der Waals surface area contributed by atoms with Crippen molar-refractivity contribution in [2.45, 2.75) is 38.8 Å². The average Bonchev–Trinajstić information content (AvgIpc) is 2.38. The van der Waals surface area contributed by atoms with Crippen LogP contribution in [0.2, 0.25) is 5.02 Å². The Morgan fingerprint density at radius 2 is 2.09 bits per heavy atom. The van der Waals surface area contributed by atoms with Gasteiger partial charge >= 0.3 is 12.1 Å². The van der Waals surface area contributed by atoms with Crippen molar-refractivity contribution < 1.29 is 19.4 Å². The Kier molecular flexibility index (Phi) is 5.77. The quantitative estimate of drug-likeness (QED) is 0.887. The number of nitrogens with one attached hydrogen (secondary N) is 1. The topological polar surface area (TPSA) is 99.4 Å². The van der Waals surface area contributed by atoms with E-state index in [-0.39, 0.29) is 6.42 Å². The van der Waals surface area contributed by atoms with Gasteiger partial charge in [-0.2, -0.15) is 5.26 Å². The molecule has 1 aromatic carbocycles. The van der Waals surface area contributed by atoms with E-state index in [0.717, 1.165) is 0 Å². The number of halogens is 1. The molecule has 1 unspecified atom stereocenters. The van der Waals surface area contributed by atoms with Crippen LogP contribution in [0.3, 0.4) is 0 Å². The monoisotopic (exact) mass is 324 g/mol. The second-order valence-corrected chi connectivity index (χ2v) is 6.07. The number of carboxylic acids is 1. The van der Waals surface area contributed by atoms with Crippen molar-refractivity contribution in [2.24, 2.45) is 0 Å². The lowest BCUT2D eigenvalue weighted by molar-refractivity contribution is -0.139. The summed E-state index contributed by atoms with van der Waals surface area (Å²) in [5.74, 6) is -1.22. The number of alkyl carbamates (subject to hydrolysis) is 1. The van der Waals surface area contributed by atoms with Crippen molar-refractivity contribution >= 4 is 23.7 Å². The third-order valence-electron chi connectivity index (χ3n) is 2.59. The SMILES string of the molecule is CC(C)(C)OC(=O)NC(Cc1cc(C#N)ccc1Cl)C(=O)O. The van der Waals surface area contributed by atoms with Gasteiger partial charge in [0.1, 0.15) is 11.6 Å². The van der Waals surface area contributed by atoms with Crippen molar-refractivity contribution in [3.63, 3.8) is 0 Å². The molecule has 1 rings (SSSR count). The molecule has 0 aliphatic carbocycles. The van der Waals surface area contributed by atoms with E-state index in [2.05, 4.69) is 5.32 Å². The lowest BCUT2D eigenvalue weighted by Crippen LogP contribution is -2.44. The minimum absolute atomic E-state index is 0.0526. The van der Waals surface area contributed by atoms with E-state index in [1.165, 1.54) is 18.2 Å². The molecule has 22 heavy (non-hydrogen) atoms. The summed E-state index contributed by atoms with van der Waals surface area (Å²) >= 11 is 6.00. The van der Waals surface area contributed by atoms with Crippen molar-refractivity contribution in [2.75, 3.05) is 0 Å². The highest BCUT2D eigenvalue weighted by molar-refractivity contribution is 6.31. The van der Waals surface area contributed by atoms with Gasteiger partial charge in [0.25, 0.3) is 0 Å². The number of nitrogens with zero attached hydrogens (tertiary/aromatic N) is 1. The molecule has 0 spiro atoms. The van der Waals surface area contributed by atoms with Gasteiger partial charge in [0.2, 0.25) is 0 Å². The molecule has 1 amide bonds. The summed E-state index contributed by atoms with van der Waals surface area (Å²) in [5.41, 5.74) is 0.0934. The maximum absolute atomic E-state index is 11.7. The molecule has 0 saturated carbocycles. The molecule has 0 heterocycles. The highest BCUT2D eigenvalue weighted by atomic mass is 35.5. The smallest absolute Gasteiger partial charge is 0.408 e. The average molecular weight is 325 g/mol. The Hall–Kier alpha value is -2.26. The molecule has 7 heteroatoms. The van der Waals surface area contributed by atoms with Crippen LogP contribution in [0.1, 0.15) is 31.9 Å². The van der Waals surface area contributed by atoms with Crippen molar-refractivity contribution in [3.05, 3.63) is 34.3 Å². The van der Waals surface area contributed by atoms with Crippen LogP contribution in [-0.4, -0.2) is 28.8 Å². The zero-order valence-electron chi connectivity index (χ0n) is 12.5. The predicted octanol–water partition coefficient (Wildman–Crippen LogP) is 2.73. The molecule has 0 fully saturated rings. The van der Waals surface area contributed by atoms with Gasteiger partial charge in [-0.25, -0.2) is 9.59 Å². The summed E-state index contributed by atoms with van der Waals surface area (Å²) in [6, 6.07) is 5.29. The van der Waals surface area contributed by atoms with E-state index >= 15 is 0 Å². The third-order valence-corrected chi connectivity index (χ3v) is 2.96. The molecule has 1 aromatic rings. The molecule has 6 nitrogen and oxygen atoms in total. The minimum atomic E-state index is -1.22. The third kappa shape index (κ3) is 5.62. The van der Waals surface area contributed by atoms with Crippen LogP contribution in [0.4, 0.5) is 4.79 Å². The van der Waals surface area contributed by atoms with Gasteiger partial charge < -0.3 is 15.2 Å². The number of carbonyl (C=O) groups is 2. The Labute approximate surface area is 133 Å². The van der Waals surface area contributed by atoms with E-state index in [0.29, 0.717) is 16.1 Å². The first-order valence-electron chi connectivity index (χ1n) is 6.53. The van der Waals surface area contributed by atoms with E-state index < -0.39 is 23.7 Å². The molecule has 1 atom stereocenters. The Morgan fingerprint density at radius 1 is 1.45 bits per heavy atom. The number of ether oxygens (including phenoxy) is 1. The molecule has 118 valence electrons. The maximum Gasteiger partial charge on any atom is 0.408 e. The Balaban J connectivity index is 2.88. The van der Waals surface area contributed by atoms with Crippen LogP contribution < -0.4 is 5.32 Å². The molecule has 0 aliphatic heterocycles. The van der Waals surface area contributed by atoms with Crippen LogP contribution in [-0.2, 0) is 16.0 Å². The molecule has 0 radical (unpaired) electrons. The van der Waals surface area contributed by atoms with Gasteiger partial charge in [0.15, 0.2) is 0 Å². The molecule has 0 saturated heterocycles. The molecule has 0 aromatic heterocycles. The maximum atomic E-state index is 11.7. The number of rotatable bonds is 4.